The lowest BCUT2D eigenvalue weighted by molar-refractivity contribution is 0.252. The minimum atomic E-state index is -0.478. The fraction of sp³-hybridized carbons (Fsp3) is 0.125. The van der Waals surface area contributed by atoms with Gasteiger partial charge in [0, 0.05) is 29.5 Å². The summed E-state index contributed by atoms with van der Waals surface area (Å²) in [6.07, 6.45) is 0. The molecule has 2 aromatic rings. The van der Waals surface area contributed by atoms with E-state index in [-0.39, 0.29) is 6.03 Å². The summed E-state index contributed by atoms with van der Waals surface area (Å²) < 4.78 is 0. The molecule has 9 heteroatoms. The molecule has 7 nitrogen and oxygen atoms in total. The van der Waals surface area contributed by atoms with Crippen LogP contribution in [-0.2, 0) is 0 Å². The zero-order valence-corrected chi connectivity index (χ0v) is 14.5. The van der Waals surface area contributed by atoms with Crippen molar-refractivity contribution in [2.45, 2.75) is 0 Å². The number of halogens is 2. The Hall–Kier alpha value is -2.64. The van der Waals surface area contributed by atoms with Crippen molar-refractivity contribution in [1.29, 1.82) is 0 Å². The average Bonchev–Trinajstić information content (AvgIpc) is 3.00. The van der Waals surface area contributed by atoms with E-state index in [1.807, 2.05) is 0 Å². The highest BCUT2D eigenvalue weighted by atomic mass is 35.5. The monoisotopic (exact) mass is 379 g/mol. The summed E-state index contributed by atoms with van der Waals surface area (Å²) in [6, 6.07) is 11.3. The first kappa shape index (κ1) is 17.2. The van der Waals surface area contributed by atoms with E-state index in [0.29, 0.717) is 40.2 Å². The van der Waals surface area contributed by atoms with Crippen molar-refractivity contribution in [2.24, 2.45) is 0 Å². The normalized spacial score (nSPS) is 13.4. The molecule has 0 aliphatic carbocycles. The molecule has 0 spiro atoms. The van der Waals surface area contributed by atoms with Crippen LogP contribution in [0.1, 0.15) is 0 Å². The fourth-order valence-corrected chi connectivity index (χ4v) is 2.80. The number of nitrogens with zero attached hydrogens (tertiary/aromatic N) is 1. The zero-order valence-electron chi connectivity index (χ0n) is 13.0. The molecule has 0 bridgehead atoms. The Balaban J connectivity index is 1.60. The number of benzene rings is 2. The zero-order chi connectivity index (χ0) is 17.8. The van der Waals surface area contributed by atoms with Crippen molar-refractivity contribution in [3.63, 3.8) is 0 Å². The molecule has 4 N–H and O–H groups in total. The van der Waals surface area contributed by atoms with Gasteiger partial charge >= 0.3 is 12.1 Å². The predicted octanol–water partition coefficient (Wildman–Crippen LogP) is 3.67. The van der Waals surface area contributed by atoms with Crippen LogP contribution >= 0.6 is 23.2 Å². The van der Waals surface area contributed by atoms with Crippen molar-refractivity contribution in [1.82, 2.24) is 10.7 Å². The van der Waals surface area contributed by atoms with Gasteiger partial charge in [-0.3, -0.25) is 15.8 Å². The fourth-order valence-electron chi connectivity index (χ4n) is 2.35. The second-order valence-electron chi connectivity index (χ2n) is 5.26. The van der Waals surface area contributed by atoms with Gasteiger partial charge < -0.3 is 10.6 Å². The Morgan fingerprint density at radius 2 is 2.00 bits per heavy atom. The molecule has 0 unspecified atom stereocenters. The summed E-state index contributed by atoms with van der Waals surface area (Å²) in [6.45, 7) is 1.19. The van der Waals surface area contributed by atoms with E-state index in [0.717, 1.165) is 0 Å². The number of anilines is 3. The molecule has 1 fully saturated rings. The van der Waals surface area contributed by atoms with Gasteiger partial charge in [-0.25, -0.2) is 9.59 Å². The highest BCUT2D eigenvalue weighted by Gasteiger charge is 2.21. The van der Waals surface area contributed by atoms with Crippen LogP contribution in [0.2, 0.25) is 10.0 Å². The quantitative estimate of drug-likeness (QED) is 0.611. The first-order chi connectivity index (χ1) is 12.0. The summed E-state index contributed by atoms with van der Waals surface area (Å²) in [5.74, 6) is 0. The minimum Gasteiger partial charge on any atom is -0.336 e. The smallest absolute Gasteiger partial charge is 0.336 e. The van der Waals surface area contributed by atoms with E-state index in [1.54, 1.807) is 47.4 Å². The first-order valence-electron chi connectivity index (χ1n) is 7.46. The van der Waals surface area contributed by atoms with E-state index in [4.69, 9.17) is 23.2 Å². The van der Waals surface area contributed by atoms with Crippen molar-refractivity contribution in [3.8, 4) is 0 Å². The van der Waals surface area contributed by atoms with Gasteiger partial charge in [0.15, 0.2) is 0 Å². The number of nitrogens with one attached hydrogen (secondary N) is 4. The van der Waals surface area contributed by atoms with Crippen LogP contribution in [0, 0.1) is 0 Å². The first-order valence-corrected chi connectivity index (χ1v) is 8.22. The third kappa shape index (κ3) is 4.26. The summed E-state index contributed by atoms with van der Waals surface area (Å²) in [5.41, 5.74) is 6.98. The maximum absolute atomic E-state index is 12.0. The molecule has 1 saturated heterocycles. The molecule has 1 heterocycles. The summed E-state index contributed by atoms with van der Waals surface area (Å²) in [7, 11) is 0. The lowest BCUT2D eigenvalue weighted by atomic mass is 10.2. The second kappa shape index (κ2) is 7.50. The van der Waals surface area contributed by atoms with Gasteiger partial charge in [-0.1, -0.05) is 29.3 Å². The molecule has 3 rings (SSSR count). The van der Waals surface area contributed by atoms with Crippen LogP contribution in [0.25, 0.3) is 0 Å². The number of carbonyl (C=O) groups excluding carboxylic acids is 2. The average molecular weight is 380 g/mol. The molecular formula is C16H15Cl2N5O2. The van der Waals surface area contributed by atoms with Crippen LogP contribution < -0.4 is 26.4 Å². The van der Waals surface area contributed by atoms with Crippen LogP contribution in [0.4, 0.5) is 26.7 Å². The van der Waals surface area contributed by atoms with Gasteiger partial charge in [-0.05, 0) is 36.4 Å². The Bertz CT molecular complexity index is 815. The van der Waals surface area contributed by atoms with Crippen LogP contribution in [0.5, 0.6) is 0 Å². The number of carbonyl (C=O) groups is 2. The van der Waals surface area contributed by atoms with E-state index in [2.05, 4.69) is 21.5 Å². The number of hydrogen-bond acceptors (Lipinski definition) is 3. The minimum absolute atomic E-state index is 0.152. The van der Waals surface area contributed by atoms with Gasteiger partial charge in [-0.15, -0.1) is 0 Å². The van der Waals surface area contributed by atoms with Crippen molar-refractivity contribution < 1.29 is 9.59 Å². The molecular weight excluding hydrogens is 365 g/mol. The van der Waals surface area contributed by atoms with Crippen LogP contribution in [0.15, 0.2) is 42.5 Å². The lowest BCUT2D eigenvalue weighted by Gasteiger charge is -2.16. The maximum Gasteiger partial charge on any atom is 0.337 e. The number of rotatable bonds is 4. The molecule has 0 aromatic heterocycles. The molecule has 4 amide bonds. The van der Waals surface area contributed by atoms with Gasteiger partial charge in [0.05, 0.1) is 10.7 Å². The van der Waals surface area contributed by atoms with E-state index < -0.39 is 6.03 Å². The topological polar surface area (TPSA) is 85.5 Å². The van der Waals surface area contributed by atoms with E-state index in [1.165, 1.54) is 0 Å². The molecule has 0 radical (unpaired) electrons. The summed E-state index contributed by atoms with van der Waals surface area (Å²) >= 11 is 11.8. The van der Waals surface area contributed by atoms with E-state index in [9.17, 15) is 9.59 Å². The van der Waals surface area contributed by atoms with Crippen molar-refractivity contribution >= 4 is 52.3 Å². The number of hydrazine groups is 1. The van der Waals surface area contributed by atoms with Crippen LogP contribution in [-0.4, -0.2) is 25.2 Å². The number of hydrogen-bond donors (Lipinski definition) is 4. The molecule has 1 aliphatic rings. The van der Waals surface area contributed by atoms with Gasteiger partial charge in [0.2, 0.25) is 0 Å². The van der Waals surface area contributed by atoms with Crippen molar-refractivity contribution in [3.05, 3.63) is 52.5 Å². The SMILES string of the molecule is O=C(NNc1ccc(Cl)cc1Cl)Nc1cccc(N2CCNC2=O)c1. The highest BCUT2D eigenvalue weighted by Crippen LogP contribution is 2.25. The van der Waals surface area contributed by atoms with E-state index >= 15 is 0 Å². The standard InChI is InChI=1S/C16H15Cl2N5O2/c17-10-4-5-14(13(18)8-10)21-22-15(24)20-11-2-1-3-12(9-11)23-7-6-19-16(23)25/h1-5,8-9,21H,6-7H2,(H,19,25)(H2,20,22,24). The van der Waals surface area contributed by atoms with Gasteiger partial charge in [0.1, 0.15) is 0 Å². The number of amides is 4. The molecule has 1 aliphatic heterocycles. The predicted molar refractivity (Wildman–Crippen MR) is 99.4 cm³/mol. The molecule has 2 aromatic carbocycles. The molecule has 0 saturated carbocycles. The Labute approximate surface area is 154 Å². The Morgan fingerprint density at radius 3 is 2.72 bits per heavy atom. The third-order valence-corrected chi connectivity index (χ3v) is 4.06. The molecule has 130 valence electrons. The highest BCUT2D eigenvalue weighted by molar-refractivity contribution is 6.36. The summed E-state index contributed by atoms with van der Waals surface area (Å²) in [5, 5.41) is 6.30. The van der Waals surface area contributed by atoms with Gasteiger partial charge in [-0.2, -0.15) is 0 Å². The van der Waals surface area contributed by atoms with Crippen molar-refractivity contribution in [2.75, 3.05) is 28.7 Å². The second-order valence-corrected chi connectivity index (χ2v) is 6.11. The molecule has 25 heavy (non-hydrogen) atoms. The summed E-state index contributed by atoms with van der Waals surface area (Å²) in [4.78, 5) is 25.3. The third-order valence-electron chi connectivity index (χ3n) is 3.51. The van der Waals surface area contributed by atoms with Gasteiger partial charge in [0.25, 0.3) is 0 Å². The Kier molecular flexibility index (Phi) is 5.16. The number of urea groups is 2. The Morgan fingerprint density at radius 1 is 1.16 bits per heavy atom. The largest absolute Gasteiger partial charge is 0.337 e. The maximum atomic E-state index is 12.0. The molecule has 0 atom stereocenters. The lowest BCUT2D eigenvalue weighted by Crippen LogP contribution is -2.33. The van der Waals surface area contributed by atoms with Crippen LogP contribution in [0.3, 0.4) is 0 Å².